The molecule has 0 fully saturated rings. The van der Waals surface area contributed by atoms with Crippen molar-refractivity contribution in [1.82, 2.24) is 14.5 Å². The maximum atomic E-state index is 12.9. The minimum absolute atomic E-state index is 0.309. The molecule has 0 aliphatic rings. The number of aryl methyl sites for hydroxylation is 1. The minimum Gasteiger partial charge on any atom is -0.480 e. The third kappa shape index (κ3) is 5.82. The predicted molar refractivity (Wildman–Crippen MR) is 121 cm³/mol. The van der Waals surface area contributed by atoms with Crippen molar-refractivity contribution in [2.24, 2.45) is 0 Å². The highest BCUT2D eigenvalue weighted by Crippen LogP contribution is 2.22. The Morgan fingerprint density at radius 2 is 1.81 bits per heavy atom. The van der Waals surface area contributed by atoms with Crippen LogP contribution in [0.15, 0.2) is 53.6 Å². The molecule has 0 aliphatic carbocycles. The number of nitrogens with zero attached hydrogens (tertiary/aromatic N) is 2. The molecule has 0 bridgehead atoms. The average molecular weight is 425 g/mol. The van der Waals surface area contributed by atoms with Gasteiger partial charge in [0.2, 0.25) is 0 Å². The van der Waals surface area contributed by atoms with Crippen LogP contribution in [0.25, 0.3) is 10.9 Å². The van der Waals surface area contributed by atoms with E-state index in [0.717, 1.165) is 41.4 Å². The monoisotopic (exact) mass is 424 g/mol. The molecular formula is C23H28N4O4. The Bertz CT molecular complexity index is 1120. The lowest BCUT2D eigenvalue weighted by atomic mass is 10.1. The van der Waals surface area contributed by atoms with Gasteiger partial charge in [0.1, 0.15) is 6.54 Å². The second kappa shape index (κ2) is 10.6. The van der Waals surface area contributed by atoms with Gasteiger partial charge in [-0.2, -0.15) is 0 Å². The van der Waals surface area contributed by atoms with Gasteiger partial charge in [-0.15, -0.1) is 0 Å². The van der Waals surface area contributed by atoms with Crippen LogP contribution in [0.3, 0.4) is 0 Å². The van der Waals surface area contributed by atoms with E-state index in [4.69, 9.17) is 5.11 Å². The van der Waals surface area contributed by atoms with Crippen molar-refractivity contribution in [3.05, 3.63) is 64.7 Å². The van der Waals surface area contributed by atoms with Crippen molar-refractivity contribution in [1.29, 1.82) is 0 Å². The first-order valence-electron chi connectivity index (χ1n) is 10.5. The second-order valence-corrected chi connectivity index (χ2v) is 7.50. The molecule has 0 atom stereocenters. The summed E-state index contributed by atoms with van der Waals surface area (Å²) in [6.07, 6.45) is 7.95. The first kappa shape index (κ1) is 22.3. The summed E-state index contributed by atoms with van der Waals surface area (Å²) in [4.78, 5) is 35.6. The molecule has 1 amide bonds. The van der Waals surface area contributed by atoms with E-state index in [1.165, 1.54) is 31.2 Å². The highest BCUT2D eigenvalue weighted by molar-refractivity contribution is 6.12. The van der Waals surface area contributed by atoms with Crippen LogP contribution in [0.1, 0.15) is 36.0 Å². The summed E-state index contributed by atoms with van der Waals surface area (Å²) in [5, 5.41) is 15.7. The van der Waals surface area contributed by atoms with Crippen molar-refractivity contribution >= 4 is 28.5 Å². The molecule has 3 aromatic rings. The zero-order valence-corrected chi connectivity index (χ0v) is 17.6. The molecule has 8 nitrogen and oxygen atoms in total. The van der Waals surface area contributed by atoms with Crippen molar-refractivity contribution in [2.75, 3.05) is 18.9 Å². The summed E-state index contributed by atoms with van der Waals surface area (Å²) in [6.45, 7) is 1.48. The first-order chi connectivity index (χ1) is 15.0. The van der Waals surface area contributed by atoms with Gasteiger partial charge in [0, 0.05) is 41.5 Å². The number of aliphatic carboxylic acids is 1. The molecule has 0 unspecified atom stereocenters. The van der Waals surface area contributed by atoms with Crippen LogP contribution < -0.4 is 16.2 Å². The number of hydrogen-bond donors (Lipinski definition) is 3. The third-order valence-corrected chi connectivity index (χ3v) is 5.18. The van der Waals surface area contributed by atoms with E-state index in [1.54, 1.807) is 6.07 Å². The Hall–Kier alpha value is -3.39. The molecule has 0 saturated carbocycles. The number of anilines is 1. The van der Waals surface area contributed by atoms with Gasteiger partial charge in [-0.25, -0.2) is 0 Å². The Morgan fingerprint density at radius 3 is 2.58 bits per heavy atom. The van der Waals surface area contributed by atoms with Gasteiger partial charge in [0.25, 0.3) is 11.5 Å². The number of fused-ring (bicyclic) bond motifs is 1. The van der Waals surface area contributed by atoms with E-state index < -0.39 is 18.1 Å². The molecule has 3 rings (SSSR count). The number of hydrogen-bond acceptors (Lipinski definition) is 4. The maximum absolute atomic E-state index is 12.9. The molecule has 164 valence electrons. The average Bonchev–Trinajstić information content (AvgIpc) is 3.16. The number of amides is 1. The van der Waals surface area contributed by atoms with E-state index in [2.05, 4.69) is 15.2 Å². The van der Waals surface area contributed by atoms with Crippen molar-refractivity contribution in [3.63, 3.8) is 0 Å². The molecule has 31 heavy (non-hydrogen) atoms. The van der Waals surface area contributed by atoms with E-state index in [-0.39, 0.29) is 5.91 Å². The molecule has 8 heteroatoms. The topological polar surface area (TPSA) is 105 Å². The zero-order valence-electron chi connectivity index (χ0n) is 17.6. The van der Waals surface area contributed by atoms with Gasteiger partial charge >= 0.3 is 5.97 Å². The molecule has 0 saturated heterocycles. The number of carboxylic acids is 1. The van der Waals surface area contributed by atoms with Gasteiger partial charge in [-0.05, 0) is 50.7 Å². The number of aromatic nitrogens is 2. The predicted octanol–water partition coefficient (Wildman–Crippen LogP) is 2.92. The molecule has 2 aromatic heterocycles. The van der Waals surface area contributed by atoms with Gasteiger partial charge < -0.3 is 24.9 Å². The molecule has 0 aliphatic heterocycles. The summed E-state index contributed by atoms with van der Waals surface area (Å²) in [5.74, 6) is -1.44. The standard InChI is InChI=1S/C23H28N4O4/c1-24-12-4-2-3-5-13-26-14-11-18-19(7-6-8-20(18)26)23(31)25-17-9-10-21(28)27(15-17)16-22(29)30/h6-11,14-15,24H,2-5,12-13,16H2,1H3,(H,25,31)(H,29,30). The molecule has 0 radical (unpaired) electrons. The fourth-order valence-corrected chi connectivity index (χ4v) is 3.63. The lowest BCUT2D eigenvalue weighted by molar-refractivity contribution is -0.137. The number of rotatable bonds is 11. The molecule has 2 heterocycles. The van der Waals surface area contributed by atoms with Crippen LogP contribution in [0.5, 0.6) is 0 Å². The highest BCUT2D eigenvalue weighted by atomic mass is 16.4. The molecule has 1 aromatic carbocycles. The number of carbonyl (C=O) groups is 2. The van der Waals surface area contributed by atoms with Crippen LogP contribution in [-0.4, -0.2) is 39.7 Å². The molecule has 3 N–H and O–H groups in total. The van der Waals surface area contributed by atoms with Crippen LogP contribution in [-0.2, 0) is 17.9 Å². The van der Waals surface area contributed by atoms with E-state index in [0.29, 0.717) is 11.3 Å². The minimum atomic E-state index is -1.13. The Balaban J connectivity index is 1.71. The van der Waals surface area contributed by atoms with Crippen LogP contribution in [0.2, 0.25) is 0 Å². The number of benzene rings is 1. The van der Waals surface area contributed by atoms with Gasteiger partial charge in [-0.3, -0.25) is 14.4 Å². The largest absolute Gasteiger partial charge is 0.480 e. The summed E-state index contributed by atoms with van der Waals surface area (Å²) < 4.78 is 3.21. The summed E-state index contributed by atoms with van der Waals surface area (Å²) in [5.41, 5.74) is 1.45. The first-order valence-corrected chi connectivity index (χ1v) is 10.5. The van der Waals surface area contributed by atoms with Gasteiger partial charge in [0.05, 0.1) is 5.69 Å². The van der Waals surface area contributed by atoms with E-state index in [1.807, 2.05) is 31.4 Å². The summed E-state index contributed by atoms with van der Waals surface area (Å²) >= 11 is 0. The number of carboxylic acid groups (broad SMARTS) is 1. The third-order valence-electron chi connectivity index (χ3n) is 5.18. The van der Waals surface area contributed by atoms with E-state index >= 15 is 0 Å². The normalized spacial score (nSPS) is 11.0. The van der Waals surface area contributed by atoms with Gasteiger partial charge in [0.15, 0.2) is 0 Å². The van der Waals surface area contributed by atoms with Crippen molar-refractivity contribution in [2.45, 2.75) is 38.8 Å². The SMILES string of the molecule is CNCCCCCCn1ccc2c(C(=O)Nc3ccc(=O)n(CC(=O)O)c3)cccc21. The van der Waals surface area contributed by atoms with Crippen LogP contribution in [0.4, 0.5) is 5.69 Å². The Morgan fingerprint density at radius 1 is 1.00 bits per heavy atom. The fourth-order valence-electron chi connectivity index (χ4n) is 3.63. The number of unbranched alkanes of at least 4 members (excludes halogenated alkanes) is 3. The lowest BCUT2D eigenvalue weighted by Crippen LogP contribution is -2.24. The molecule has 0 spiro atoms. The number of carbonyl (C=O) groups excluding carboxylic acids is 1. The van der Waals surface area contributed by atoms with Crippen LogP contribution in [0, 0.1) is 0 Å². The summed E-state index contributed by atoms with van der Waals surface area (Å²) in [6, 6.07) is 10.3. The number of nitrogens with one attached hydrogen (secondary N) is 2. The smallest absolute Gasteiger partial charge is 0.323 e. The zero-order chi connectivity index (χ0) is 22.2. The fraction of sp³-hybridized carbons (Fsp3) is 0.348. The maximum Gasteiger partial charge on any atom is 0.323 e. The number of pyridine rings is 1. The highest BCUT2D eigenvalue weighted by Gasteiger charge is 2.13. The Kier molecular flexibility index (Phi) is 7.61. The quantitative estimate of drug-likeness (QED) is 0.411. The molecular weight excluding hydrogens is 396 g/mol. The van der Waals surface area contributed by atoms with E-state index in [9.17, 15) is 14.4 Å². The van der Waals surface area contributed by atoms with Gasteiger partial charge in [-0.1, -0.05) is 18.9 Å². The van der Waals surface area contributed by atoms with Crippen molar-refractivity contribution in [3.8, 4) is 0 Å². The lowest BCUT2D eigenvalue weighted by Gasteiger charge is -2.10. The Labute approximate surface area is 180 Å². The second-order valence-electron chi connectivity index (χ2n) is 7.50. The van der Waals surface area contributed by atoms with Crippen LogP contribution >= 0.6 is 0 Å². The summed E-state index contributed by atoms with van der Waals surface area (Å²) in [7, 11) is 1.96. The van der Waals surface area contributed by atoms with Crippen molar-refractivity contribution < 1.29 is 14.7 Å².